The monoisotopic (exact) mass is 482 g/mol. The van der Waals surface area contributed by atoms with Crippen molar-refractivity contribution < 1.29 is 39.6 Å². The van der Waals surface area contributed by atoms with Crippen LogP contribution in [0.5, 0.6) is 0 Å². The van der Waals surface area contributed by atoms with E-state index in [2.05, 4.69) is 0 Å². The van der Waals surface area contributed by atoms with Crippen molar-refractivity contribution in [2.75, 3.05) is 0 Å². The number of rotatable bonds is 7. The van der Waals surface area contributed by atoms with Crippen LogP contribution in [-0.4, -0.2) is 44.3 Å². The summed E-state index contributed by atoms with van der Waals surface area (Å²) in [6.45, 7) is 0. The minimum Gasteiger partial charge on any atom is -0.478 e. The summed E-state index contributed by atoms with van der Waals surface area (Å²) in [4.78, 5) is 45.4. The molecule has 0 unspecified atom stereocenters. The Morgan fingerprint density at radius 2 is 0.556 bits per heavy atom. The SMILES string of the molecule is O=C(O)c1ccc(-c2ccc(-c3ccc(-c4ccc(C(=O)O)c(C(=O)O)c4)cc3)cc2)cc1C(=O)O. The van der Waals surface area contributed by atoms with E-state index < -0.39 is 23.9 Å². The minimum atomic E-state index is -1.32. The molecule has 0 aliphatic rings. The highest BCUT2D eigenvalue weighted by Gasteiger charge is 2.18. The lowest BCUT2D eigenvalue weighted by atomic mass is 9.95. The Hall–Kier alpha value is -5.24. The largest absolute Gasteiger partial charge is 0.478 e. The quantitative estimate of drug-likeness (QED) is 0.270. The summed E-state index contributed by atoms with van der Waals surface area (Å²) in [5.41, 5.74) is 3.17. The van der Waals surface area contributed by atoms with Crippen LogP contribution >= 0.6 is 0 Å². The Morgan fingerprint density at radius 3 is 0.806 bits per heavy atom. The number of carbonyl (C=O) groups is 4. The van der Waals surface area contributed by atoms with E-state index in [9.17, 15) is 39.6 Å². The highest BCUT2D eigenvalue weighted by atomic mass is 16.4. The van der Waals surface area contributed by atoms with Gasteiger partial charge in [-0.1, -0.05) is 60.7 Å². The Kier molecular flexibility index (Phi) is 6.34. The maximum Gasteiger partial charge on any atom is 0.336 e. The first-order chi connectivity index (χ1) is 17.2. The van der Waals surface area contributed by atoms with Crippen molar-refractivity contribution in [2.45, 2.75) is 0 Å². The van der Waals surface area contributed by atoms with Crippen LogP contribution < -0.4 is 0 Å². The fourth-order valence-corrected chi connectivity index (χ4v) is 3.88. The molecule has 178 valence electrons. The molecule has 8 nitrogen and oxygen atoms in total. The molecular weight excluding hydrogens is 464 g/mol. The maximum atomic E-state index is 11.5. The molecule has 0 saturated heterocycles. The molecule has 0 heterocycles. The second-order valence-corrected chi connectivity index (χ2v) is 7.90. The van der Waals surface area contributed by atoms with Crippen molar-refractivity contribution in [1.29, 1.82) is 0 Å². The summed E-state index contributed by atoms with van der Waals surface area (Å²) >= 11 is 0. The van der Waals surface area contributed by atoms with Crippen LogP contribution in [0.4, 0.5) is 0 Å². The fourth-order valence-electron chi connectivity index (χ4n) is 3.88. The average molecular weight is 482 g/mol. The topological polar surface area (TPSA) is 149 Å². The summed E-state index contributed by atoms with van der Waals surface area (Å²) in [6.07, 6.45) is 0. The molecule has 0 amide bonds. The van der Waals surface area contributed by atoms with E-state index >= 15 is 0 Å². The molecule has 4 aromatic rings. The van der Waals surface area contributed by atoms with Crippen LogP contribution in [0.15, 0.2) is 84.9 Å². The van der Waals surface area contributed by atoms with Crippen LogP contribution in [0.25, 0.3) is 33.4 Å². The number of carboxylic acids is 4. The molecule has 36 heavy (non-hydrogen) atoms. The van der Waals surface area contributed by atoms with E-state index in [4.69, 9.17) is 0 Å². The van der Waals surface area contributed by atoms with Gasteiger partial charge in [0.05, 0.1) is 22.3 Å². The van der Waals surface area contributed by atoms with Gasteiger partial charge < -0.3 is 20.4 Å². The first kappa shape index (κ1) is 23.9. The van der Waals surface area contributed by atoms with E-state index in [1.54, 1.807) is 36.4 Å². The van der Waals surface area contributed by atoms with E-state index in [0.717, 1.165) is 22.3 Å². The maximum absolute atomic E-state index is 11.5. The van der Waals surface area contributed by atoms with E-state index in [1.165, 1.54) is 24.3 Å². The van der Waals surface area contributed by atoms with Crippen LogP contribution in [0.1, 0.15) is 41.4 Å². The lowest BCUT2D eigenvalue weighted by Crippen LogP contribution is -2.08. The van der Waals surface area contributed by atoms with Crippen molar-refractivity contribution >= 4 is 23.9 Å². The van der Waals surface area contributed by atoms with Crippen molar-refractivity contribution in [3.63, 3.8) is 0 Å². The van der Waals surface area contributed by atoms with Gasteiger partial charge in [-0.05, 0) is 57.6 Å². The summed E-state index contributed by atoms with van der Waals surface area (Å²) in [6, 6.07) is 22.9. The molecule has 0 spiro atoms. The third-order valence-corrected chi connectivity index (χ3v) is 5.73. The van der Waals surface area contributed by atoms with Gasteiger partial charge in [-0.2, -0.15) is 0 Å². The highest BCUT2D eigenvalue weighted by molar-refractivity contribution is 6.03. The lowest BCUT2D eigenvalue weighted by Gasteiger charge is -2.09. The Balaban J connectivity index is 1.61. The van der Waals surface area contributed by atoms with Crippen molar-refractivity contribution in [3.8, 4) is 33.4 Å². The van der Waals surface area contributed by atoms with Crippen molar-refractivity contribution in [1.82, 2.24) is 0 Å². The molecule has 0 aliphatic heterocycles. The van der Waals surface area contributed by atoms with Crippen LogP contribution in [0, 0.1) is 0 Å². The van der Waals surface area contributed by atoms with Crippen LogP contribution in [0.3, 0.4) is 0 Å². The number of hydrogen-bond acceptors (Lipinski definition) is 4. The number of hydrogen-bond donors (Lipinski definition) is 4. The zero-order valence-corrected chi connectivity index (χ0v) is 18.5. The molecule has 4 rings (SSSR count). The van der Waals surface area contributed by atoms with E-state index in [0.29, 0.717) is 11.1 Å². The predicted octanol–water partition coefficient (Wildman–Crippen LogP) is 5.48. The van der Waals surface area contributed by atoms with E-state index in [1.807, 2.05) is 24.3 Å². The Morgan fingerprint density at radius 1 is 0.333 bits per heavy atom. The zero-order chi connectivity index (χ0) is 26.0. The van der Waals surface area contributed by atoms with Crippen LogP contribution in [-0.2, 0) is 0 Å². The first-order valence-corrected chi connectivity index (χ1v) is 10.6. The summed E-state index contributed by atoms with van der Waals surface area (Å²) in [5.74, 6) is -5.26. The van der Waals surface area contributed by atoms with Crippen LogP contribution in [0.2, 0.25) is 0 Å². The summed E-state index contributed by atoms with van der Waals surface area (Å²) in [5, 5.41) is 37.1. The molecule has 8 heteroatoms. The predicted molar refractivity (Wildman–Crippen MR) is 131 cm³/mol. The van der Waals surface area contributed by atoms with Gasteiger partial charge in [-0.3, -0.25) is 0 Å². The first-order valence-electron chi connectivity index (χ1n) is 10.6. The molecule has 0 saturated carbocycles. The second kappa shape index (κ2) is 9.55. The molecule has 0 fully saturated rings. The smallest absolute Gasteiger partial charge is 0.336 e. The van der Waals surface area contributed by atoms with E-state index in [-0.39, 0.29) is 22.3 Å². The molecule has 0 bridgehead atoms. The summed E-state index contributed by atoms with van der Waals surface area (Å²) < 4.78 is 0. The second-order valence-electron chi connectivity index (χ2n) is 7.90. The molecule has 4 N–H and O–H groups in total. The van der Waals surface area contributed by atoms with Gasteiger partial charge in [0, 0.05) is 0 Å². The van der Waals surface area contributed by atoms with Crippen molar-refractivity contribution in [2.24, 2.45) is 0 Å². The van der Waals surface area contributed by atoms with Gasteiger partial charge in [0.1, 0.15) is 0 Å². The lowest BCUT2D eigenvalue weighted by molar-refractivity contribution is 0.0651. The van der Waals surface area contributed by atoms with Gasteiger partial charge in [0.15, 0.2) is 0 Å². The molecule has 0 aliphatic carbocycles. The van der Waals surface area contributed by atoms with Gasteiger partial charge >= 0.3 is 23.9 Å². The normalized spacial score (nSPS) is 10.6. The van der Waals surface area contributed by atoms with Gasteiger partial charge in [0.2, 0.25) is 0 Å². The number of carboxylic acid groups (broad SMARTS) is 4. The fraction of sp³-hybridized carbons (Fsp3) is 0. The average Bonchev–Trinajstić information content (AvgIpc) is 2.88. The highest BCUT2D eigenvalue weighted by Crippen LogP contribution is 2.29. The summed E-state index contributed by atoms with van der Waals surface area (Å²) in [7, 11) is 0. The minimum absolute atomic E-state index is 0.281. The molecule has 0 aromatic heterocycles. The Bertz CT molecular complexity index is 1400. The Labute approximate surface area is 204 Å². The van der Waals surface area contributed by atoms with Gasteiger partial charge in [0.25, 0.3) is 0 Å². The zero-order valence-electron chi connectivity index (χ0n) is 18.5. The third-order valence-electron chi connectivity index (χ3n) is 5.73. The number of aromatic carboxylic acids is 4. The van der Waals surface area contributed by atoms with Gasteiger partial charge in [-0.25, -0.2) is 19.2 Å². The molecule has 4 aromatic carbocycles. The van der Waals surface area contributed by atoms with Crippen molar-refractivity contribution in [3.05, 3.63) is 107 Å². The molecule has 0 radical (unpaired) electrons. The standard InChI is InChI=1S/C28H18O8/c29-25(30)21-11-9-19(13-23(21)27(33)34)17-5-1-15(2-6-17)16-3-7-18(8-4-16)20-10-12-22(26(31)32)24(14-20)28(35)36/h1-14H,(H,29,30)(H,31,32)(H,33,34)(H,35,36). The molecule has 0 atom stereocenters. The molecular formula is C28H18O8. The van der Waals surface area contributed by atoms with Gasteiger partial charge in [-0.15, -0.1) is 0 Å². The number of benzene rings is 4. The third kappa shape index (κ3) is 4.69.